The zero-order valence-corrected chi connectivity index (χ0v) is 23.1. The molecule has 2 heterocycles. The fourth-order valence-electron chi connectivity index (χ4n) is 5.10. The summed E-state index contributed by atoms with van der Waals surface area (Å²) in [6.07, 6.45) is -10.2. The maximum Gasteiger partial charge on any atom is 0.430 e. The highest BCUT2D eigenvalue weighted by atomic mass is 19.4. The Hall–Kier alpha value is -3.68. The Balaban J connectivity index is 1.39. The van der Waals surface area contributed by atoms with Crippen LogP contribution in [-0.4, -0.2) is 56.2 Å². The van der Waals surface area contributed by atoms with Gasteiger partial charge in [0.2, 0.25) is 6.79 Å². The van der Waals surface area contributed by atoms with E-state index in [4.69, 9.17) is 14.2 Å². The van der Waals surface area contributed by atoms with Gasteiger partial charge in [-0.3, -0.25) is 9.69 Å². The summed E-state index contributed by atoms with van der Waals surface area (Å²) < 4.78 is 103. The lowest BCUT2D eigenvalue weighted by Crippen LogP contribution is -2.55. The van der Waals surface area contributed by atoms with E-state index in [2.05, 4.69) is 10.1 Å². The van der Waals surface area contributed by atoms with Crippen LogP contribution in [0.2, 0.25) is 0 Å². The molecule has 2 aliphatic heterocycles. The van der Waals surface area contributed by atoms with Crippen molar-refractivity contribution in [1.29, 1.82) is 0 Å². The van der Waals surface area contributed by atoms with Crippen LogP contribution in [-0.2, 0) is 27.1 Å². The van der Waals surface area contributed by atoms with E-state index in [1.54, 1.807) is 32.0 Å². The molecular weight excluding hydrogens is 574 g/mol. The molecule has 1 atom stereocenters. The molecule has 2 aliphatic rings. The van der Waals surface area contributed by atoms with Crippen LogP contribution in [0.25, 0.3) is 0 Å². The standard InChI is InChI=1S/C28H30F6N2O6/c1-4-7-17-14-19(26(39-3,27(29,30)31)28(32,33)34)9-10-20(17)40-13-6-5-12-36-23(37)25(2,35-24(36)38)18-8-11-21-22(15-18)42-16-41-21/h8-11,14-15H,4-7,12-13,16H2,1-3H3,(H,35,38). The summed E-state index contributed by atoms with van der Waals surface area (Å²) in [5.74, 6) is 0.683. The first-order valence-electron chi connectivity index (χ1n) is 13.2. The van der Waals surface area contributed by atoms with Gasteiger partial charge in [-0.1, -0.05) is 25.5 Å². The van der Waals surface area contributed by atoms with Gasteiger partial charge >= 0.3 is 18.4 Å². The second-order valence-corrected chi connectivity index (χ2v) is 10.1. The predicted molar refractivity (Wildman–Crippen MR) is 136 cm³/mol. The van der Waals surface area contributed by atoms with E-state index in [-0.39, 0.29) is 37.7 Å². The largest absolute Gasteiger partial charge is 0.493 e. The van der Waals surface area contributed by atoms with Crippen molar-refractivity contribution in [2.75, 3.05) is 27.1 Å². The third-order valence-electron chi connectivity index (χ3n) is 7.35. The van der Waals surface area contributed by atoms with Crippen molar-refractivity contribution < 1.29 is 54.9 Å². The molecule has 1 fully saturated rings. The average molecular weight is 605 g/mol. The molecule has 4 rings (SSSR count). The van der Waals surface area contributed by atoms with Crippen LogP contribution in [0.3, 0.4) is 0 Å². The van der Waals surface area contributed by atoms with Crippen LogP contribution in [0.15, 0.2) is 36.4 Å². The van der Waals surface area contributed by atoms with Gasteiger partial charge in [-0.15, -0.1) is 0 Å². The molecule has 42 heavy (non-hydrogen) atoms. The first-order valence-corrected chi connectivity index (χ1v) is 13.2. The highest BCUT2D eigenvalue weighted by Gasteiger charge is 2.73. The predicted octanol–water partition coefficient (Wildman–Crippen LogP) is 5.96. The Labute approximate surface area is 237 Å². The summed E-state index contributed by atoms with van der Waals surface area (Å²) in [6.45, 7) is 3.49. The number of urea groups is 1. The minimum absolute atomic E-state index is 0.0487. The lowest BCUT2D eigenvalue weighted by molar-refractivity contribution is -0.383. The van der Waals surface area contributed by atoms with Crippen molar-refractivity contribution >= 4 is 11.9 Å². The SMILES string of the molecule is CCCc1cc(C(OC)(C(F)(F)F)C(F)(F)F)ccc1OCCCCN1C(=O)NC(C)(c2ccc3c(c2)OCO3)C1=O. The van der Waals surface area contributed by atoms with Crippen molar-refractivity contribution in [2.45, 2.75) is 63.0 Å². The molecule has 3 amide bonds. The molecule has 0 radical (unpaired) electrons. The topological polar surface area (TPSA) is 86.3 Å². The molecule has 1 N–H and O–H groups in total. The molecule has 14 heteroatoms. The van der Waals surface area contributed by atoms with Crippen molar-refractivity contribution in [2.24, 2.45) is 0 Å². The summed E-state index contributed by atoms with van der Waals surface area (Å²) in [6, 6.07) is 6.97. The quantitative estimate of drug-likeness (QED) is 0.194. The number of hydrogen-bond donors (Lipinski definition) is 1. The number of benzene rings is 2. The fourth-order valence-corrected chi connectivity index (χ4v) is 5.10. The normalized spacial score (nSPS) is 18.9. The third kappa shape index (κ3) is 5.43. The first-order chi connectivity index (χ1) is 19.7. The number of carbonyl (C=O) groups excluding carboxylic acids is 2. The second kappa shape index (κ2) is 11.5. The smallest absolute Gasteiger partial charge is 0.430 e. The number of carbonyl (C=O) groups is 2. The molecule has 0 aliphatic carbocycles. The minimum Gasteiger partial charge on any atom is -0.493 e. The highest BCUT2D eigenvalue weighted by Crippen LogP contribution is 2.53. The number of unbranched alkanes of at least 4 members (excludes halogenated alkanes) is 1. The van der Waals surface area contributed by atoms with Gasteiger partial charge in [-0.2, -0.15) is 26.3 Å². The summed E-state index contributed by atoms with van der Waals surface area (Å²) in [4.78, 5) is 26.9. The van der Waals surface area contributed by atoms with Crippen LogP contribution >= 0.6 is 0 Å². The Morgan fingerprint density at radius 1 is 0.976 bits per heavy atom. The fraction of sp³-hybridized carbons (Fsp3) is 0.500. The molecule has 2 aromatic rings. The number of nitrogens with zero attached hydrogens (tertiary/aromatic N) is 1. The zero-order valence-electron chi connectivity index (χ0n) is 23.1. The zero-order chi connectivity index (χ0) is 30.9. The van der Waals surface area contributed by atoms with Crippen molar-refractivity contribution in [3.05, 3.63) is 53.1 Å². The van der Waals surface area contributed by atoms with Crippen molar-refractivity contribution in [3.63, 3.8) is 0 Å². The molecule has 230 valence electrons. The van der Waals surface area contributed by atoms with Gasteiger partial charge in [0.1, 0.15) is 11.3 Å². The molecule has 2 aromatic carbocycles. The number of methoxy groups -OCH3 is 1. The Kier molecular flexibility index (Phi) is 8.59. The van der Waals surface area contributed by atoms with E-state index in [0.29, 0.717) is 49.5 Å². The number of alkyl halides is 6. The van der Waals surface area contributed by atoms with E-state index in [0.717, 1.165) is 17.0 Å². The highest BCUT2D eigenvalue weighted by molar-refractivity contribution is 6.07. The second-order valence-electron chi connectivity index (χ2n) is 10.1. The van der Waals surface area contributed by atoms with E-state index >= 15 is 0 Å². The maximum absolute atomic E-state index is 13.7. The van der Waals surface area contributed by atoms with Gasteiger partial charge in [-0.25, -0.2) is 4.79 Å². The van der Waals surface area contributed by atoms with E-state index in [1.807, 2.05) is 0 Å². The maximum atomic E-state index is 13.7. The van der Waals surface area contributed by atoms with Gasteiger partial charge in [0.05, 0.1) is 6.61 Å². The molecule has 0 saturated carbocycles. The van der Waals surface area contributed by atoms with Gasteiger partial charge in [0, 0.05) is 19.2 Å². The first kappa shape index (κ1) is 31.3. The third-order valence-corrected chi connectivity index (χ3v) is 7.35. The number of rotatable bonds is 11. The van der Waals surface area contributed by atoms with Gasteiger partial charge < -0.3 is 24.3 Å². The summed E-state index contributed by atoms with van der Waals surface area (Å²) >= 11 is 0. The number of imide groups is 1. The van der Waals surface area contributed by atoms with Crippen LogP contribution in [0, 0.1) is 0 Å². The van der Waals surface area contributed by atoms with E-state index in [9.17, 15) is 35.9 Å². The Morgan fingerprint density at radius 3 is 2.31 bits per heavy atom. The lowest BCUT2D eigenvalue weighted by atomic mass is 9.89. The number of amides is 3. The summed E-state index contributed by atoms with van der Waals surface area (Å²) in [5, 5.41) is 2.71. The number of aryl methyl sites for hydroxylation is 1. The monoisotopic (exact) mass is 604 g/mol. The molecule has 1 unspecified atom stereocenters. The molecule has 8 nitrogen and oxygen atoms in total. The number of fused-ring (bicyclic) bond motifs is 1. The summed E-state index contributed by atoms with van der Waals surface area (Å²) in [7, 11) is 0.369. The van der Waals surface area contributed by atoms with Crippen molar-refractivity contribution in [3.8, 4) is 17.2 Å². The van der Waals surface area contributed by atoms with Crippen molar-refractivity contribution in [1.82, 2.24) is 10.2 Å². The van der Waals surface area contributed by atoms with Crippen LogP contribution < -0.4 is 19.5 Å². The Bertz CT molecular complexity index is 1320. The minimum atomic E-state index is -5.76. The molecule has 1 saturated heterocycles. The number of halogens is 6. The van der Waals surface area contributed by atoms with Gasteiger partial charge in [0.15, 0.2) is 11.5 Å². The molecule has 0 spiro atoms. The van der Waals surface area contributed by atoms with E-state index in [1.165, 1.54) is 0 Å². The molecule has 0 aromatic heterocycles. The van der Waals surface area contributed by atoms with Crippen LogP contribution in [0.5, 0.6) is 17.2 Å². The lowest BCUT2D eigenvalue weighted by Gasteiger charge is -2.36. The average Bonchev–Trinajstić information content (AvgIpc) is 3.46. The molecule has 0 bridgehead atoms. The van der Waals surface area contributed by atoms with Gasteiger partial charge in [-0.05, 0) is 61.6 Å². The number of ether oxygens (including phenoxy) is 4. The van der Waals surface area contributed by atoms with Crippen LogP contribution in [0.4, 0.5) is 31.1 Å². The van der Waals surface area contributed by atoms with Crippen LogP contribution in [0.1, 0.15) is 49.8 Å². The molecular formula is C28H30F6N2O6. The number of hydrogen-bond acceptors (Lipinski definition) is 6. The summed E-state index contributed by atoms with van der Waals surface area (Å²) in [5.41, 5.74) is -6.20. The number of nitrogens with one attached hydrogen (secondary N) is 1. The Morgan fingerprint density at radius 2 is 1.67 bits per heavy atom. The van der Waals surface area contributed by atoms with Gasteiger partial charge in [0.25, 0.3) is 11.5 Å². The van der Waals surface area contributed by atoms with E-state index < -0.39 is 41.0 Å².